The topological polar surface area (TPSA) is 54.9 Å². The fourth-order valence-electron chi connectivity index (χ4n) is 2.41. The third-order valence-corrected chi connectivity index (χ3v) is 3.62. The van der Waals surface area contributed by atoms with Gasteiger partial charge in [0.25, 0.3) is 5.91 Å². The van der Waals surface area contributed by atoms with E-state index in [0.29, 0.717) is 12.1 Å². The molecule has 0 aliphatic carbocycles. The standard InChI is InChI=1S/C18H17N3O/c1-2-13-10-15-4-3-7-20-17(15)16(11-13)18(22)21-12-14-5-8-19-9-6-14/h3-11H,2,12H2,1H3,(H,21,22). The quantitative estimate of drug-likeness (QED) is 0.803. The van der Waals surface area contributed by atoms with Crippen LogP contribution in [0.3, 0.4) is 0 Å². The van der Waals surface area contributed by atoms with Crippen molar-refractivity contribution in [3.63, 3.8) is 0 Å². The van der Waals surface area contributed by atoms with Gasteiger partial charge in [-0.1, -0.05) is 13.0 Å². The lowest BCUT2D eigenvalue weighted by Gasteiger charge is -2.09. The average molecular weight is 291 g/mol. The van der Waals surface area contributed by atoms with Crippen molar-refractivity contribution < 1.29 is 4.79 Å². The van der Waals surface area contributed by atoms with Crippen molar-refractivity contribution in [3.05, 3.63) is 71.7 Å². The second-order valence-electron chi connectivity index (χ2n) is 5.11. The molecule has 0 radical (unpaired) electrons. The third-order valence-electron chi connectivity index (χ3n) is 3.62. The van der Waals surface area contributed by atoms with Gasteiger partial charge in [-0.15, -0.1) is 0 Å². The van der Waals surface area contributed by atoms with E-state index in [0.717, 1.165) is 28.5 Å². The van der Waals surface area contributed by atoms with Crippen LogP contribution in [0.4, 0.5) is 0 Å². The third kappa shape index (κ3) is 2.96. The molecule has 4 nitrogen and oxygen atoms in total. The van der Waals surface area contributed by atoms with Gasteiger partial charge in [0.15, 0.2) is 0 Å². The normalized spacial score (nSPS) is 10.6. The summed E-state index contributed by atoms with van der Waals surface area (Å²) in [5, 5.41) is 3.95. The lowest BCUT2D eigenvalue weighted by Crippen LogP contribution is -2.23. The number of benzene rings is 1. The van der Waals surface area contributed by atoms with E-state index < -0.39 is 0 Å². The number of amides is 1. The predicted octanol–water partition coefficient (Wildman–Crippen LogP) is 3.12. The first-order valence-electron chi connectivity index (χ1n) is 7.32. The van der Waals surface area contributed by atoms with E-state index in [-0.39, 0.29) is 5.91 Å². The predicted molar refractivity (Wildman–Crippen MR) is 86.5 cm³/mol. The molecule has 0 saturated carbocycles. The molecule has 1 N–H and O–H groups in total. The Morgan fingerprint density at radius 1 is 1.09 bits per heavy atom. The van der Waals surface area contributed by atoms with Crippen LogP contribution in [0.15, 0.2) is 55.0 Å². The number of nitrogens with one attached hydrogen (secondary N) is 1. The second kappa shape index (κ2) is 6.35. The lowest BCUT2D eigenvalue weighted by molar-refractivity contribution is 0.0952. The molecular formula is C18H17N3O. The molecule has 110 valence electrons. The van der Waals surface area contributed by atoms with Gasteiger partial charge >= 0.3 is 0 Å². The van der Waals surface area contributed by atoms with Crippen molar-refractivity contribution in [2.75, 3.05) is 0 Å². The van der Waals surface area contributed by atoms with Crippen molar-refractivity contribution in [1.29, 1.82) is 0 Å². The number of pyridine rings is 2. The first kappa shape index (κ1) is 14.2. The van der Waals surface area contributed by atoms with Crippen LogP contribution in [0.5, 0.6) is 0 Å². The van der Waals surface area contributed by atoms with Crippen LogP contribution in [-0.4, -0.2) is 15.9 Å². The maximum atomic E-state index is 12.5. The van der Waals surface area contributed by atoms with Gasteiger partial charge in [0.1, 0.15) is 0 Å². The largest absolute Gasteiger partial charge is 0.348 e. The van der Waals surface area contributed by atoms with Crippen LogP contribution in [0.1, 0.15) is 28.4 Å². The molecule has 2 heterocycles. The van der Waals surface area contributed by atoms with Crippen LogP contribution >= 0.6 is 0 Å². The van der Waals surface area contributed by atoms with E-state index in [1.165, 1.54) is 0 Å². The van der Waals surface area contributed by atoms with Gasteiger partial charge in [0, 0.05) is 30.5 Å². The molecule has 0 aliphatic heterocycles. The monoisotopic (exact) mass is 291 g/mol. The van der Waals surface area contributed by atoms with Crippen molar-refractivity contribution in [2.24, 2.45) is 0 Å². The summed E-state index contributed by atoms with van der Waals surface area (Å²) in [5.74, 6) is -0.101. The molecule has 2 aromatic heterocycles. The zero-order valence-electron chi connectivity index (χ0n) is 12.4. The summed E-state index contributed by atoms with van der Waals surface area (Å²) in [6, 6.07) is 11.7. The van der Waals surface area contributed by atoms with Crippen molar-refractivity contribution in [2.45, 2.75) is 19.9 Å². The fourth-order valence-corrected chi connectivity index (χ4v) is 2.41. The summed E-state index contributed by atoms with van der Waals surface area (Å²) in [5.41, 5.74) is 3.53. The van der Waals surface area contributed by atoms with E-state index in [9.17, 15) is 4.79 Å². The molecule has 0 unspecified atom stereocenters. The minimum atomic E-state index is -0.101. The molecule has 0 fully saturated rings. The molecule has 0 aliphatic rings. The Kier molecular flexibility index (Phi) is 4.10. The van der Waals surface area contributed by atoms with Crippen LogP contribution in [-0.2, 0) is 13.0 Å². The summed E-state index contributed by atoms with van der Waals surface area (Å²) in [4.78, 5) is 20.9. The summed E-state index contributed by atoms with van der Waals surface area (Å²) in [6.07, 6.45) is 6.04. The Morgan fingerprint density at radius 3 is 2.68 bits per heavy atom. The molecule has 3 aromatic rings. The number of carbonyl (C=O) groups excluding carboxylic acids is 1. The molecule has 0 bridgehead atoms. The van der Waals surface area contributed by atoms with E-state index in [4.69, 9.17) is 0 Å². The van der Waals surface area contributed by atoms with Crippen LogP contribution in [0.2, 0.25) is 0 Å². The van der Waals surface area contributed by atoms with Gasteiger partial charge in [-0.25, -0.2) is 0 Å². The molecule has 1 aromatic carbocycles. The minimum Gasteiger partial charge on any atom is -0.348 e. The van der Waals surface area contributed by atoms with Crippen molar-refractivity contribution in [1.82, 2.24) is 15.3 Å². The van der Waals surface area contributed by atoms with Crippen LogP contribution < -0.4 is 5.32 Å². The highest BCUT2D eigenvalue weighted by atomic mass is 16.1. The first-order valence-corrected chi connectivity index (χ1v) is 7.32. The van der Waals surface area contributed by atoms with E-state index in [2.05, 4.69) is 28.3 Å². The number of hydrogen-bond acceptors (Lipinski definition) is 3. The summed E-state index contributed by atoms with van der Waals surface area (Å²) in [7, 11) is 0. The molecular weight excluding hydrogens is 274 g/mol. The average Bonchev–Trinajstić information content (AvgIpc) is 2.59. The number of rotatable bonds is 4. The first-order chi connectivity index (χ1) is 10.8. The number of carbonyl (C=O) groups is 1. The Bertz CT molecular complexity index is 800. The molecule has 0 saturated heterocycles. The van der Waals surface area contributed by atoms with Crippen LogP contribution in [0, 0.1) is 0 Å². The Morgan fingerprint density at radius 2 is 1.91 bits per heavy atom. The Hall–Kier alpha value is -2.75. The summed E-state index contributed by atoms with van der Waals surface area (Å²) in [6.45, 7) is 2.56. The number of aryl methyl sites for hydroxylation is 1. The maximum absolute atomic E-state index is 12.5. The lowest BCUT2D eigenvalue weighted by atomic mass is 10.0. The van der Waals surface area contributed by atoms with Gasteiger partial charge in [-0.05, 0) is 47.9 Å². The van der Waals surface area contributed by atoms with Gasteiger partial charge in [0.2, 0.25) is 0 Å². The highest BCUT2D eigenvalue weighted by Crippen LogP contribution is 2.19. The summed E-state index contributed by atoms with van der Waals surface area (Å²) >= 11 is 0. The zero-order chi connectivity index (χ0) is 15.4. The van der Waals surface area contributed by atoms with Crippen molar-refractivity contribution in [3.8, 4) is 0 Å². The van der Waals surface area contributed by atoms with E-state index >= 15 is 0 Å². The number of fused-ring (bicyclic) bond motifs is 1. The molecule has 0 atom stereocenters. The zero-order valence-corrected chi connectivity index (χ0v) is 12.4. The van der Waals surface area contributed by atoms with E-state index in [1.54, 1.807) is 18.6 Å². The molecule has 0 spiro atoms. The Labute approximate surface area is 129 Å². The Balaban J connectivity index is 1.89. The minimum absolute atomic E-state index is 0.101. The highest BCUT2D eigenvalue weighted by Gasteiger charge is 2.12. The van der Waals surface area contributed by atoms with Crippen molar-refractivity contribution >= 4 is 16.8 Å². The number of aromatic nitrogens is 2. The highest BCUT2D eigenvalue weighted by molar-refractivity contribution is 6.05. The maximum Gasteiger partial charge on any atom is 0.253 e. The molecule has 4 heteroatoms. The number of hydrogen-bond donors (Lipinski definition) is 1. The van der Waals surface area contributed by atoms with Gasteiger partial charge < -0.3 is 5.32 Å². The van der Waals surface area contributed by atoms with Gasteiger partial charge in [0.05, 0.1) is 11.1 Å². The number of nitrogens with zero attached hydrogens (tertiary/aromatic N) is 2. The fraction of sp³-hybridized carbons (Fsp3) is 0.167. The smallest absolute Gasteiger partial charge is 0.253 e. The SMILES string of the molecule is CCc1cc(C(=O)NCc2ccncc2)c2ncccc2c1. The van der Waals surface area contributed by atoms with E-state index in [1.807, 2.05) is 30.3 Å². The second-order valence-corrected chi connectivity index (χ2v) is 5.11. The molecule has 1 amide bonds. The van der Waals surface area contributed by atoms with Gasteiger partial charge in [-0.3, -0.25) is 14.8 Å². The van der Waals surface area contributed by atoms with Crippen LogP contribution in [0.25, 0.3) is 10.9 Å². The van der Waals surface area contributed by atoms with Gasteiger partial charge in [-0.2, -0.15) is 0 Å². The molecule has 3 rings (SSSR count). The summed E-state index contributed by atoms with van der Waals surface area (Å²) < 4.78 is 0. The molecule has 22 heavy (non-hydrogen) atoms.